The first-order valence-corrected chi connectivity index (χ1v) is 8.41. The summed E-state index contributed by atoms with van der Waals surface area (Å²) in [6, 6.07) is 10.7. The molecule has 0 saturated carbocycles. The molecule has 3 aromatic rings. The lowest BCUT2D eigenvalue weighted by Crippen LogP contribution is -2.10. The zero-order valence-corrected chi connectivity index (χ0v) is 13.6. The number of Topliss-reactive ketones (excluding diaryl/α,β-unsaturated/α-hetero) is 1. The zero-order valence-electron chi connectivity index (χ0n) is 10.5. The zero-order chi connectivity index (χ0) is 15.0. The molecule has 0 aliphatic rings. The molecule has 0 saturated heterocycles. The summed E-state index contributed by atoms with van der Waals surface area (Å²) in [6.45, 7) is 0. The van der Waals surface area contributed by atoms with Crippen molar-refractivity contribution in [2.24, 2.45) is 0 Å². The molecule has 2 aromatic heterocycles. The van der Waals surface area contributed by atoms with E-state index in [1.54, 1.807) is 29.5 Å². The molecule has 0 fully saturated rings. The van der Waals surface area contributed by atoms with Gasteiger partial charge in [0.05, 0.1) is 10.9 Å². The lowest BCUT2D eigenvalue weighted by Gasteiger charge is -2.09. The number of hydrogen-bond donors (Lipinski definition) is 0. The van der Waals surface area contributed by atoms with Crippen LogP contribution >= 0.6 is 45.9 Å². The van der Waals surface area contributed by atoms with Gasteiger partial charge in [-0.15, -0.1) is 22.7 Å². The molecule has 104 valence electrons. The molecule has 0 aliphatic heterocycles. The topological polar surface area (TPSA) is 40.9 Å². The Hall–Kier alpha value is -1.38. The van der Waals surface area contributed by atoms with Crippen LogP contribution in [0.4, 0.5) is 0 Å². The molecule has 1 unspecified atom stereocenters. The third-order valence-electron chi connectivity index (χ3n) is 3.05. The highest BCUT2D eigenvalue weighted by Gasteiger charge is 2.25. The van der Waals surface area contributed by atoms with Crippen LogP contribution in [0, 0.1) is 11.3 Å². The molecule has 0 N–H and O–H groups in total. The van der Waals surface area contributed by atoms with Crippen molar-refractivity contribution in [3.8, 4) is 6.07 Å². The number of rotatable bonds is 3. The van der Waals surface area contributed by atoms with Gasteiger partial charge in [0.2, 0.25) is 0 Å². The van der Waals surface area contributed by atoms with E-state index in [9.17, 15) is 10.1 Å². The summed E-state index contributed by atoms with van der Waals surface area (Å²) in [5.74, 6) is -1.14. The van der Waals surface area contributed by atoms with Crippen molar-refractivity contribution in [2.45, 2.75) is 5.92 Å². The highest BCUT2D eigenvalue weighted by Crippen LogP contribution is 2.35. The second-order valence-corrected chi connectivity index (χ2v) is 7.23. The van der Waals surface area contributed by atoms with Crippen molar-refractivity contribution < 1.29 is 4.79 Å². The van der Waals surface area contributed by atoms with Crippen molar-refractivity contribution in [1.82, 2.24) is 0 Å². The Kier molecular flexibility index (Phi) is 4.01. The fourth-order valence-corrected chi connectivity index (χ4v) is 4.63. The third-order valence-corrected chi connectivity index (χ3v) is 5.72. The Labute approximate surface area is 139 Å². The molecule has 0 bridgehead atoms. The molecule has 0 radical (unpaired) electrons. The van der Waals surface area contributed by atoms with E-state index in [0.29, 0.717) is 20.5 Å². The summed E-state index contributed by atoms with van der Waals surface area (Å²) in [5.41, 5.74) is 0.491. The van der Waals surface area contributed by atoms with Crippen LogP contribution in [0.3, 0.4) is 0 Å². The predicted octanol–water partition coefficient (Wildman–Crippen LogP) is 5.76. The van der Waals surface area contributed by atoms with Crippen LogP contribution in [0.25, 0.3) is 9.40 Å². The summed E-state index contributed by atoms with van der Waals surface area (Å²) in [7, 11) is 0. The van der Waals surface area contributed by atoms with Gasteiger partial charge in [0.25, 0.3) is 0 Å². The summed E-state index contributed by atoms with van der Waals surface area (Å²) < 4.78 is 2.12. The highest BCUT2D eigenvalue weighted by molar-refractivity contribution is 7.27. The van der Waals surface area contributed by atoms with Crippen LogP contribution in [0.1, 0.15) is 21.2 Å². The molecular weight excluding hydrogens is 345 g/mol. The molecule has 0 amide bonds. The van der Waals surface area contributed by atoms with Crippen molar-refractivity contribution in [3.63, 3.8) is 0 Å². The van der Waals surface area contributed by atoms with Crippen molar-refractivity contribution in [1.29, 1.82) is 5.26 Å². The number of nitrogens with zero attached hydrogens (tertiary/aromatic N) is 1. The van der Waals surface area contributed by atoms with Crippen LogP contribution in [-0.2, 0) is 0 Å². The molecule has 2 heterocycles. The smallest absolute Gasteiger partial charge is 0.194 e. The number of hydrogen-bond acceptors (Lipinski definition) is 4. The van der Waals surface area contributed by atoms with E-state index < -0.39 is 5.92 Å². The van der Waals surface area contributed by atoms with E-state index in [1.165, 1.54) is 11.3 Å². The number of benzene rings is 1. The highest BCUT2D eigenvalue weighted by atomic mass is 35.5. The average Bonchev–Trinajstić information content (AvgIpc) is 3.02. The molecular formula is C15H7Cl2NOS2. The summed E-state index contributed by atoms with van der Waals surface area (Å²) in [6.07, 6.45) is 0. The first-order valence-electron chi connectivity index (χ1n) is 5.96. The summed E-state index contributed by atoms with van der Waals surface area (Å²) >= 11 is 14.9. The van der Waals surface area contributed by atoms with E-state index in [-0.39, 0.29) is 5.78 Å². The van der Waals surface area contributed by atoms with E-state index in [1.807, 2.05) is 23.6 Å². The monoisotopic (exact) mass is 351 g/mol. The molecule has 21 heavy (non-hydrogen) atoms. The van der Waals surface area contributed by atoms with E-state index in [0.717, 1.165) is 9.40 Å². The molecule has 0 spiro atoms. The van der Waals surface area contributed by atoms with Crippen LogP contribution in [-0.4, -0.2) is 5.78 Å². The van der Waals surface area contributed by atoms with Gasteiger partial charge in [-0.1, -0.05) is 29.3 Å². The molecule has 0 aliphatic carbocycles. The molecule has 3 rings (SSSR count). The van der Waals surface area contributed by atoms with E-state index in [2.05, 4.69) is 0 Å². The van der Waals surface area contributed by atoms with Crippen LogP contribution in [0.5, 0.6) is 0 Å². The number of halogens is 2. The van der Waals surface area contributed by atoms with Gasteiger partial charge < -0.3 is 0 Å². The maximum Gasteiger partial charge on any atom is 0.194 e. The Balaban J connectivity index is 2.01. The summed E-state index contributed by atoms with van der Waals surface area (Å²) in [4.78, 5) is 13.2. The van der Waals surface area contributed by atoms with Crippen molar-refractivity contribution in [2.75, 3.05) is 0 Å². The Morgan fingerprint density at radius 3 is 2.67 bits per heavy atom. The number of thiophene rings is 2. The van der Waals surface area contributed by atoms with Gasteiger partial charge in [-0.3, -0.25) is 4.79 Å². The SMILES string of the molecule is N#CC(C(=O)c1cc2sccc2s1)c1ccc(Cl)cc1Cl. The van der Waals surface area contributed by atoms with Crippen LogP contribution in [0.2, 0.25) is 10.0 Å². The van der Waals surface area contributed by atoms with Gasteiger partial charge in [0.15, 0.2) is 5.78 Å². The Bertz CT molecular complexity index is 847. The third kappa shape index (κ3) is 2.70. The minimum atomic E-state index is -0.914. The maximum atomic E-state index is 12.6. The predicted molar refractivity (Wildman–Crippen MR) is 88.8 cm³/mol. The van der Waals surface area contributed by atoms with Gasteiger partial charge in [-0.05, 0) is 35.2 Å². The van der Waals surface area contributed by atoms with Gasteiger partial charge in [0.1, 0.15) is 5.92 Å². The second-order valence-electron chi connectivity index (χ2n) is 4.35. The van der Waals surface area contributed by atoms with Crippen molar-refractivity contribution >= 4 is 61.1 Å². The van der Waals surface area contributed by atoms with Gasteiger partial charge in [0, 0.05) is 19.4 Å². The minimum Gasteiger partial charge on any atom is -0.291 e. The largest absolute Gasteiger partial charge is 0.291 e. The number of carbonyl (C=O) groups excluding carboxylic acids is 1. The van der Waals surface area contributed by atoms with Crippen LogP contribution in [0.15, 0.2) is 35.7 Å². The lowest BCUT2D eigenvalue weighted by atomic mass is 9.95. The standard InChI is InChI=1S/C15H7Cl2NOS2/c16-8-1-2-9(11(17)5-8)10(7-18)15(19)14-6-13-12(21-14)3-4-20-13/h1-6,10H. The van der Waals surface area contributed by atoms with Crippen molar-refractivity contribution in [3.05, 3.63) is 56.2 Å². The second kappa shape index (κ2) is 5.78. The number of ketones is 1. The first-order chi connectivity index (χ1) is 10.1. The molecule has 1 atom stereocenters. The fraction of sp³-hybridized carbons (Fsp3) is 0.0667. The van der Waals surface area contributed by atoms with E-state index in [4.69, 9.17) is 23.2 Å². The summed E-state index contributed by atoms with van der Waals surface area (Å²) in [5, 5.41) is 12.2. The van der Waals surface area contributed by atoms with Crippen LogP contribution < -0.4 is 0 Å². The lowest BCUT2D eigenvalue weighted by molar-refractivity contribution is 0.0983. The Morgan fingerprint density at radius 2 is 2.00 bits per heavy atom. The normalized spacial score (nSPS) is 12.2. The quantitative estimate of drug-likeness (QED) is 0.562. The molecule has 1 aromatic carbocycles. The number of fused-ring (bicyclic) bond motifs is 1. The molecule has 2 nitrogen and oxygen atoms in total. The van der Waals surface area contributed by atoms with Gasteiger partial charge >= 0.3 is 0 Å². The van der Waals surface area contributed by atoms with Gasteiger partial charge in [-0.2, -0.15) is 5.26 Å². The minimum absolute atomic E-state index is 0.227. The average molecular weight is 352 g/mol. The van der Waals surface area contributed by atoms with Gasteiger partial charge in [-0.25, -0.2) is 0 Å². The number of nitriles is 1. The first kappa shape index (κ1) is 14.6. The van der Waals surface area contributed by atoms with E-state index >= 15 is 0 Å². The maximum absolute atomic E-state index is 12.6. The number of carbonyl (C=O) groups is 1. The molecule has 6 heteroatoms. The Morgan fingerprint density at radius 1 is 1.19 bits per heavy atom. The fourth-order valence-electron chi connectivity index (χ4n) is 2.03.